The summed E-state index contributed by atoms with van der Waals surface area (Å²) in [6.07, 6.45) is 0. The van der Waals surface area contributed by atoms with E-state index in [0.717, 1.165) is 10.8 Å². The highest BCUT2D eigenvalue weighted by Crippen LogP contribution is 2.26. The smallest absolute Gasteiger partial charge is 0.299 e. The van der Waals surface area contributed by atoms with E-state index in [1.54, 1.807) is 0 Å². The van der Waals surface area contributed by atoms with E-state index in [2.05, 4.69) is 10.2 Å². The van der Waals surface area contributed by atoms with Gasteiger partial charge in [-0.2, -0.15) is 0 Å². The monoisotopic (exact) mass is 251 g/mol. The minimum atomic E-state index is 0.379. The average molecular weight is 251 g/mol. The molecule has 0 fully saturated rings. The molecule has 0 radical (unpaired) electrons. The summed E-state index contributed by atoms with van der Waals surface area (Å²) in [7, 11) is 0. The number of hydrogen-bond donors (Lipinski definition) is 1. The summed E-state index contributed by atoms with van der Waals surface area (Å²) in [6, 6.07) is 7.36. The maximum absolute atomic E-state index is 5.53. The van der Waals surface area contributed by atoms with Gasteiger partial charge in [-0.3, -0.25) is 0 Å². The first-order valence-corrected chi connectivity index (χ1v) is 6.06. The van der Waals surface area contributed by atoms with Crippen LogP contribution in [-0.2, 0) is 6.54 Å². The van der Waals surface area contributed by atoms with Crippen molar-refractivity contribution >= 4 is 11.3 Å². The van der Waals surface area contributed by atoms with Crippen molar-refractivity contribution < 1.29 is 9.47 Å². The molecule has 0 aliphatic heterocycles. The SMILES string of the molecule is CCOc1ccc(Oc2nnc(CN)s2)cc1. The second-order valence-corrected chi connectivity index (χ2v) is 4.20. The predicted molar refractivity (Wildman–Crippen MR) is 65.5 cm³/mol. The van der Waals surface area contributed by atoms with Gasteiger partial charge in [0.15, 0.2) is 0 Å². The lowest BCUT2D eigenvalue weighted by atomic mass is 10.3. The van der Waals surface area contributed by atoms with Crippen LogP contribution < -0.4 is 15.2 Å². The number of rotatable bonds is 5. The highest BCUT2D eigenvalue weighted by molar-refractivity contribution is 7.13. The molecule has 1 heterocycles. The van der Waals surface area contributed by atoms with Gasteiger partial charge in [0.05, 0.1) is 6.61 Å². The molecule has 2 rings (SSSR count). The lowest BCUT2D eigenvalue weighted by Crippen LogP contribution is -1.94. The molecule has 0 unspecified atom stereocenters. The fourth-order valence-corrected chi connectivity index (χ4v) is 1.82. The van der Waals surface area contributed by atoms with Crippen LogP contribution in [0.15, 0.2) is 24.3 Å². The molecule has 0 spiro atoms. The van der Waals surface area contributed by atoms with Crippen molar-refractivity contribution in [1.82, 2.24) is 10.2 Å². The molecule has 1 aromatic heterocycles. The van der Waals surface area contributed by atoms with Gasteiger partial charge in [0.25, 0.3) is 5.19 Å². The van der Waals surface area contributed by atoms with Gasteiger partial charge in [0, 0.05) is 6.54 Å². The molecule has 90 valence electrons. The molecule has 2 N–H and O–H groups in total. The van der Waals surface area contributed by atoms with Crippen molar-refractivity contribution in [3.63, 3.8) is 0 Å². The maximum Gasteiger partial charge on any atom is 0.299 e. The number of ether oxygens (including phenoxy) is 2. The van der Waals surface area contributed by atoms with Crippen LogP contribution in [0, 0.1) is 0 Å². The molecule has 2 aromatic rings. The van der Waals surface area contributed by atoms with Crippen LogP contribution in [-0.4, -0.2) is 16.8 Å². The first-order chi connectivity index (χ1) is 8.31. The van der Waals surface area contributed by atoms with Crippen LogP contribution in [0.1, 0.15) is 11.9 Å². The fourth-order valence-electron chi connectivity index (χ4n) is 1.23. The van der Waals surface area contributed by atoms with Gasteiger partial charge in [-0.25, -0.2) is 0 Å². The summed E-state index contributed by atoms with van der Waals surface area (Å²) < 4.78 is 10.9. The minimum absolute atomic E-state index is 0.379. The Morgan fingerprint density at radius 1 is 1.18 bits per heavy atom. The molecule has 5 nitrogen and oxygen atoms in total. The van der Waals surface area contributed by atoms with Crippen LogP contribution in [0.25, 0.3) is 0 Å². The number of hydrogen-bond acceptors (Lipinski definition) is 6. The Hall–Kier alpha value is -1.66. The van der Waals surface area contributed by atoms with E-state index < -0.39 is 0 Å². The topological polar surface area (TPSA) is 70.3 Å². The highest BCUT2D eigenvalue weighted by Gasteiger charge is 2.04. The molecule has 0 amide bonds. The molecule has 0 aliphatic carbocycles. The molecule has 17 heavy (non-hydrogen) atoms. The first kappa shape index (κ1) is 11.8. The number of nitrogens with zero attached hydrogens (tertiary/aromatic N) is 2. The third-order valence-electron chi connectivity index (χ3n) is 1.96. The summed E-state index contributed by atoms with van der Waals surface area (Å²) in [5.74, 6) is 1.52. The molecule has 0 saturated heterocycles. The number of aromatic nitrogens is 2. The summed E-state index contributed by atoms with van der Waals surface area (Å²) in [5.41, 5.74) is 5.45. The van der Waals surface area contributed by atoms with Gasteiger partial charge in [0.1, 0.15) is 16.5 Å². The van der Waals surface area contributed by atoms with Gasteiger partial charge in [0.2, 0.25) is 0 Å². The standard InChI is InChI=1S/C11H13N3O2S/c1-2-15-8-3-5-9(6-4-8)16-11-14-13-10(7-12)17-11/h3-6H,2,7,12H2,1H3. The molecule has 1 aromatic carbocycles. The molecule has 6 heteroatoms. The zero-order valence-electron chi connectivity index (χ0n) is 9.42. The van der Waals surface area contributed by atoms with Crippen molar-refractivity contribution in [3.05, 3.63) is 29.3 Å². The van der Waals surface area contributed by atoms with Crippen LogP contribution in [0.2, 0.25) is 0 Å². The van der Waals surface area contributed by atoms with Crippen LogP contribution in [0.3, 0.4) is 0 Å². The lowest BCUT2D eigenvalue weighted by molar-refractivity contribution is 0.339. The van der Waals surface area contributed by atoms with E-state index in [1.807, 2.05) is 31.2 Å². The Morgan fingerprint density at radius 2 is 1.88 bits per heavy atom. The van der Waals surface area contributed by atoms with Gasteiger partial charge in [-0.05, 0) is 31.2 Å². The Labute approximate surface area is 103 Å². The van der Waals surface area contributed by atoms with E-state index in [-0.39, 0.29) is 0 Å². The highest BCUT2D eigenvalue weighted by atomic mass is 32.1. The number of benzene rings is 1. The second-order valence-electron chi connectivity index (χ2n) is 3.17. The van der Waals surface area contributed by atoms with E-state index >= 15 is 0 Å². The fraction of sp³-hybridized carbons (Fsp3) is 0.273. The summed E-state index contributed by atoms with van der Waals surface area (Å²) in [5, 5.41) is 9.00. The zero-order chi connectivity index (χ0) is 12.1. The number of nitrogens with two attached hydrogens (primary N) is 1. The molecule has 0 saturated carbocycles. The van der Waals surface area contributed by atoms with Gasteiger partial charge >= 0.3 is 0 Å². The first-order valence-electron chi connectivity index (χ1n) is 5.25. The summed E-state index contributed by atoms with van der Waals surface area (Å²) in [6.45, 7) is 2.97. The van der Waals surface area contributed by atoms with Gasteiger partial charge in [-0.1, -0.05) is 16.4 Å². The Morgan fingerprint density at radius 3 is 2.47 bits per heavy atom. The van der Waals surface area contributed by atoms with E-state index in [9.17, 15) is 0 Å². The van der Waals surface area contributed by atoms with Gasteiger partial charge < -0.3 is 15.2 Å². The minimum Gasteiger partial charge on any atom is -0.494 e. The Bertz CT molecular complexity index is 470. The molecule has 0 bridgehead atoms. The van der Waals surface area contributed by atoms with Crippen molar-refractivity contribution in [2.24, 2.45) is 5.73 Å². The largest absolute Gasteiger partial charge is 0.494 e. The van der Waals surface area contributed by atoms with Crippen molar-refractivity contribution in [2.45, 2.75) is 13.5 Å². The Kier molecular flexibility index (Phi) is 3.89. The quantitative estimate of drug-likeness (QED) is 0.882. The van der Waals surface area contributed by atoms with Crippen LogP contribution >= 0.6 is 11.3 Å². The van der Waals surface area contributed by atoms with Crippen LogP contribution in [0.4, 0.5) is 0 Å². The molecular formula is C11H13N3O2S. The van der Waals surface area contributed by atoms with Crippen molar-refractivity contribution in [3.8, 4) is 16.7 Å². The van der Waals surface area contributed by atoms with E-state index in [1.165, 1.54) is 11.3 Å². The van der Waals surface area contributed by atoms with Crippen molar-refractivity contribution in [2.75, 3.05) is 6.61 Å². The maximum atomic E-state index is 5.53. The molecule has 0 aliphatic rings. The van der Waals surface area contributed by atoms with Crippen molar-refractivity contribution in [1.29, 1.82) is 0 Å². The van der Waals surface area contributed by atoms with E-state index in [0.29, 0.717) is 24.1 Å². The molecular weight excluding hydrogens is 238 g/mol. The van der Waals surface area contributed by atoms with E-state index in [4.69, 9.17) is 15.2 Å². The third kappa shape index (κ3) is 3.15. The average Bonchev–Trinajstić information content (AvgIpc) is 2.80. The summed E-state index contributed by atoms with van der Waals surface area (Å²) in [4.78, 5) is 0. The normalized spacial score (nSPS) is 10.2. The summed E-state index contributed by atoms with van der Waals surface area (Å²) >= 11 is 1.34. The zero-order valence-corrected chi connectivity index (χ0v) is 10.2. The Balaban J connectivity index is 2.03. The predicted octanol–water partition coefficient (Wildman–Crippen LogP) is 2.19. The lowest BCUT2D eigenvalue weighted by Gasteiger charge is -2.04. The van der Waals surface area contributed by atoms with Gasteiger partial charge in [-0.15, -0.1) is 5.10 Å². The molecule has 0 atom stereocenters. The third-order valence-corrected chi connectivity index (χ3v) is 2.79. The van der Waals surface area contributed by atoms with Crippen LogP contribution in [0.5, 0.6) is 16.7 Å². The second kappa shape index (κ2) is 5.60.